The number of hydrogen-bond acceptors (Lipinski definition) is 4. The molecule has 0 aliphatic rings. The van der Waals surface area contributed by atoms with Crippen molar-refractivity contribution in [2.45, 2.75) is 6.92 Å². The first-order valence-corrected chi connectivity index (χ1v) is 3.71. The Morgan fingerprint density at radius 1 is 1.58 bits per heavy atom. The van der Waals surface area contributed by atoms with Gasteiger partial charge in [0.2, 0.25) is 5.88 Å². The van der Waals surface area contributed by atoms with E-state index in [0.29, 0.717) is 5.56 Å². The van der Waals surface area contributed by atoms with Gasteiger partial charge >= 0.3 is 5.43 Å². The number of ether oxygens (including phenoxy) is 1. The minimum Gasteiger partial charge on any atom is -0.395 e. The second-order valence-electron chi connectivity index (χ2n) is 1.93. The van der Waals surface area contributed by atoms with Gasteiger partial charge in [0.25, 0.3) is 0 Å². The summed E-state index contributed by atoms with van der Waals surface area (Å²) in [5.41, 5.74) is -0.471. The van der Waals surface area contributed by atoms with Gasteiger partial charge in [0.15, 0.2) is 0 Å². The molecular weight excluding hydrogens is 203 g/mol. The number of nitrogens with zero attached hydrogens (tertiary/aromatic N) is 2. The Kier molecular flexibility index (Phi) is 2.83. The Labute approximate surface area is 78.5 Å². The van der Waals surface area contributed by atoms with Gasteiger partial charge in [0, 0.05) is 17.2 Å². The van der Waals surface area contributed by atoms with Crippen molar-refractivity contribution in [1.82, 2.24) is 9.97 Å². The van der Waals surface area contributed by atoms with Gasteiger partial charge in [-0.25, -0.2) is 14.8 Å². The number of carbonyl (C=O) groups is 1. The second kappa shape index (κ2) is 3.69. The predicted octanol–water partition coefficient (Wildman–Crippen LogP) is 2.18. The van der Waals surface area contributed by atoms with Crippen molar-refractivity contribution in [3.63, 3.8) is 0 Å². The van der Waals surface area contributed by atoms with E-state index in [1.165, 1.54) is 6.33 Å². The maximum atomic E-state index is 10.3. The first-order chi connectivity index (χ1) is 5.61. The van der Waals surface area contributed by atoms with Crippen LogP contribution in [0.3, 0.4) is 0 Å². The molecule has 4 nitrogen and oxygen atoms in total. The van der Waals surface area contributed by atoms with Crippen molar-refractivity contribution < 1.29 is 9.53 Å². The Morgan fingerprint density at radius 2 is 2.25 bits per heavy atom. The quantitative estimate of drug-likeness (QED) is 0.523. The van der Waals surface area contributed by atoms with Gasteiger partial charge in [0.1, 0.15) is 11.5 Å². The zero-order chi connectivity index (χ0) is 9.14. The Morgan fingerprint density at radius 3 is 2.83 bits per heavy atom. The summed E-state index contributed by atoms with van der Waals surface area (Å²) in [6.07, 6.45) is 1.19. The van der Waals surface area contributed by atoms with Gasteiger partial charge in [0.05, 0.1) is 0 Å². The van der Waals surface area contributed by atoms with E-state index in [1.54, 1.807) is 6.92 Å². The summed E-state index contributed by atoms with van der Waals surface area (Å²) in [6.45, 7) is 1.62. The fourth-order valence-corrected chi connectivity index (χ4v) is 0.790. The molecular formula is C6H4Cl2N2O2. The van der Waals surface area contributed by atoms with E-state index >= 15 is 0 Å². The van der Waals surface area contributed by atoms with Crippen LogP contribution in [0.1, 0.15) is 5.56 Å². The van der Waals surface area contributed by atoms with Crippen LogP contribution in [0, 0.1) is 6.92 Å². The minimum absolute atomic E-state index is 0.0787. The predicted molar refractivity (Wildman–Crippen MR) is 43.7 cm³/mol. The van der Waals surface area contributed by atoms with Crippen LogP contribution >= 0.6 is 23.2 Å². The molecule has 0 radical (unpaired) electrons. The third-order valence-electron chi connectivity index (χ3n) is 1.15. The first kappa shape index (κ1) is 9.22. The zero-order valence-corrected chi connectivity index (χ0v) is 7.56. The summed E-state index contributed by atoms with van der Waals surface area (Å²) in [7, 11) is 0. The number of hydrogen-bond donors (Lipinski definition) is 0. The summed E-state index contributed by atoms with van der Waals surface area (Å²) in [4.78, 5) is 17.6. The molecule has 1 aromatic heterocycles. The van der Waals surface area contributed by atoms with Crippen LogP contribution < -0.4 is 4.74 Å². The number of rotatable bonds is 1. The van der Waals surface area contributed by atoms with Crippen molar-refractivity contribution in [2.75, 3.05) is 0 Å². The van der Waals surface area contributed by atoms with Crippen LogP contribution in [-0.2, 0) is 0 Å². The summed E-state index contributed by atoms with van der Waals surface area (Å²) in [5.74, 6) is 0.0787. The minimum atomic E-state index is -0.951. The third kappa shape index (κ3) is 2.06. The summed E-state index contributed by atoms with van der Waals surface area (Å²) in [5, 5.41) is 0.234. The molecule has 0 aliphatic carbocycles. The maximum Gasteiger partial charge on any atom is 0.410 e. The average molecular weight is 207 g/mol. The standard InChI is InChI=1S/C6H4Cl2N2O2/c1-3-4(7)9-2-10-5(3)12-6(8)11/h2H,1H3. The van der Waals surface area contributed by atoms with Crippen LogP contribution in [0.15, 0.2) is 6.33 Å². The van der Waals surface area contributed by atoms with Gasteiger partial charge in [-0.05, 0) is 6.92 Å². The first-order valence-electron chi connectivity index (χ1n) is 2.95. The van der Waals surface area contributed by atoms with Crippen molar-refractivity contribution in [3.8, 4) is 5.88 Å². The van der Waals surface area contributed by atoms with E-state index in [1.807, 2.05) is 0 Å². The highest BCUT2D eigenvalue weighted by atomic mass is 35.5. The molecule has 0 saturated heterocycles. The van der Waals surface area contributed by atoms with E-state index < -0.39 is 5.43 Å². The van der Waals surface area contributed by atoms with Gasteiger partial charge in [-0.15, -0.1) is 0 Å². The third-order valence-corrected chi connectivity index (χ3v) is 1.61. The fraction of sp³-hybridized carbons (Fsp3) is 0.167. The highest BCUT2D eigenvalue weighted by Gasteiger charge is 2.08. The van der Waals surface area contributed by atoms with Gasteiger partial charge < -0.3 is 4.74 Å². The second-order valence-corrected chi connectivity index (χ2v) is 2.60. The van der Waals surface area contributed by atoms with E-state index in [4.69, 9.17) is 23.2 Å². The molecule has 0 N–H and O–H groups in total. The van der Waals surface area contributed by atoms with Crippen molar-refractivity contribution >= 4 is 28.6 Å². The molecule has 1 rings (SSSR count). The summed E-state index contributed by atoms with van der Waals surface area (Å²) >= 11 is 10.6. The highest BCUT2D eigenvalue weighted by Crippen LogP contribution is 2.20. The lowest BCUT2D eigenvalue weighted by Crippen LogP contribution is -2.01. The van der Waals surface area contributed by atoms with Crippen LogP contribution in [-0.4, -0.2) is 15.4 Å². The molecule has 6 heteroatoms. The van der Waals surface area contributed by atoms with E-state index in [2.05, 4.69) is 14.7 Å². The number of halogens is 2. The fourth-order valence-electron chi connectivity index (χ4n) is 0.593. The van der Waals surface area contributed by atoms with Crippen molar-refractivity contribution in [2.24, 2.45) is 0 Å². The van der Waals surface area contributed by atoms with Crippen LogP contribution in [0.25, 0.3) is 0 Å². The lowest BCUT2D eigenvalue weighted by Gasteiger charge is -2.01. The summed E-state index contributed by atoms with van der Waals surface area (Å²) in [6, 6.07) is 0. The van der Waals surface area contributed by atoms with Gasteiger partial charge in [-0.3, -0.25) is 0 Å². The van der Waals surface area contributed by atoms with E-state index in [0.717, 1.165) is 0 Å². The Hall–Kier alpha value is -0.870. The van der Waals surface area contributed by atoms with Gasteiger partial charge in [-0.2, -0.15) is 0 Å². The van der Waals surface area contributed by atoms with Gasteiger partial charge in [-0.1, -0.05) is 11.6 Å². The molecule has 0 amide bonds. The molecule has 0 atom stereocenters. The van der Waals surface area contributed by atoms with Crippen molar-refractivity contribution in [1.29, 1.82) is 0 Å². The lowest BCUT2D eigenvalue weighted by atomic mass is 10.4. The Bertz CT molecular complexity index is 316. The van der Waals surface area contributed by atoms with Crippen LogP contribution in [0.5, 0.6) is 5.88 Å². The number of aromatic nitrogens is 2. The molecule has 0 bridgehead atoms. The summed E-state index contributed by atoms with van der Waals surface area (Å²) < 4.78 is 4.52. The maximum absolute atomic E-state index is 10.3. The van der Waals surface area contributed by atoms with Crippen molar-refractivity contribution in [3.05, 3.63) is 17.0 Å². The normalized spacial score (nSPS) is 9.58. The van der Waals surface area contributed by atoms with Crippen LogP contribution in [0.4, 0.5) is 4.79 Å². The molecule has 0 fully saturated rings. The zero-order valence-electron chi connectivity index (χ0n) is 6.04. The average Bonchev–Trinajstić information content (AvgIpc) is 1.98. The molecule has 0 aliphatic heterocycles. The largest absolute Gasteiger partial charge is 0.410 e. The molecule has 12 heavy (non-hydrogen) atoms. The van der Waals surface area contributed by atoms with E-state index in [-0.39, 0.29) is 11.0 Å². The molecule has 0 spiro atoms. The smallest absolute Gasteiger partial charge is 0.395 e. The van der Waals surface area contributed by atoms with E-state index in [9.17, 15) is 4.79 Å². The molecule has 0 unspecified atom stereocenters. The SMILES string of the molecule is Cc1c(Cl)ncnc1OC(=O)Cl. The monoisotopic (exact) mass is 206 g/mol. The number of carbonyl (C=O) groups excluding carboxylic acids is 1. The molecule has 1 aromatic rings. The topological polar surface area (TPSA) is 52.1 Å². The lowest BCUT2D eigenvalue weighted by molar-refractivity contribution is 0.223. The van der Waals surface area contributed by atoms with Crippen LogP contribution in [0.2, 0.25) is 5.15 Å². The Balaban J connectivity index is 3.00. The molecule has 0 aromatic carbocycles. The molecule has 0 saturated carbocycles. The molecule has 1 heterocycles. The highest BCUT2D eigenvalue weighted by molar-refractivity contribution is 6.61. The molecule has 64 valence electrons.